The first-order valence-corrected chi connectivity index (χ1v) is 6.25. The zero-order chi connectivity index (χ0) is 12.4. The van der Waals surface area contributed by atoms with Gasteiger partial charge >= 0.3 is 5.97 Å². The Labute approximate surface area is 99.4 Å². The summed E-state index contributed by atoms with van der Waals surface area (Å²) in [7, 11) is 0. The number of carbonyl (C=O) groups is 1. The van der Waals surface area contributed by atoms with E-state index in [0.29, 0.717) is 5.57 Å². The zero-order valence-electron chi connectivity index (χ0n) is 11.1. The van der Waals surface area contributed by atoms with E-state index in [1.807, 2.05) is 6.92 Å². The number of hydroxylamine groups is 2. The van der Waals surface area contributed by atoms with Crippen molar-refractivity contribution in [3.63, 3.8) is 0 Å². The van der Waals surface area contributed by atoms with Gasteiger partial charge in [0.1, 0.15) is 0 Å². The van der Waals surface area contributed by atoms with Crippen molar-refractivity contribution in [2.75, 3.05) is 13.1 Å². The van der Waals surface area contributed by atoms with E-state index in [2.05, 4.69) is 13.8 Å². The fourth-order valence-electron chi connectivity index (χ4n) is 1.18. The van der Waals surface area contributed by atoms with E-state index in [0.717, 1.165) is 38.8 Å². The van der Waals surface area contributed by atoms with Gasteiger partial charge in [0.2, 0.25) is 0 Å². The minimum absolute atomic E-state index is 0.227. The normalized spacial score (nSPS) is 11.9. The van der Waals surface area contributed by atoms with Crippen molar-refractivity contribution in [3.8, 4) is 0 Å². The third kappa shape index (κ3) is 6.62. The van der Waals surface area contributed by atoms with Gasteiger partial charge in [0, 0.05) is 18.7 Å². The lowest BCUT2D eigenvalue weighted by Crippen LogP contribution is -2.29. The SMILES string of the molecule is CC=C(C)C(=O)ON(CCCC)CCCC. The molecule has 0 unspecified atom stereocenters. The highest BCUT2D eigenvalue weighted by atomic mass is 16.7. The summed E-state index contributed by atoms with van der Waals surface area (Å²) >= 11 is 0. The highest BCUT2D eigenvalue weighted by Crippen LogP contribution is 2.04. The predicted molar refractivity (Wildman–Crippen MR) is 66.9 cm³/mol. The molecule has 0 radical (unpaired) electrons. The van der Waals surface area contributed by atoms with E-state index in [-0.39, 0.29) is 5.97 Å². The van der Waals surface area contributed by atoms with Crippen molar-refractivity contribution in [3.05, 3.63) is 11.6 Å². The standard InChI is InChI=1S/C13H25NO2/c1-5-8-10-14(11-9-6-2)16-13(15)12(4)7-3/h7H,5-6,8-11H2,1-4H3. The van der Waals surface area contributed by atoms with Crippen LogP contribution in [0.2, 0.25) is 0 Å². The van der Waals surface area contributed by atoms with Crippen molar-refractivity contribution in [2.24, 2.45) is 0 Å². The Morgan fingerprint density at radius 3 is 2.06 bits per heavy atom. The van der Waals surface area contributed by atoms with Crippen molar-refractivity contribution >= 4 is 5.97 Å². The molecule has 0 aromatic heterocycles. The van der Waals surface area contributed by atoms with Crippen LogP contribution in [0.5, 0.6) is 0 Å². The zero-order valence-corrected chi connectivity index (χ0v) is 11.1. The van der Waals surface area contributed by atoms with Crippen LogP contribution in [0.25, 0.3) is 0 Å². The molecule has 0 fully saturated rings. The number of unbranched alkanes of at least 4 members (excludes halogenated alkanes) is 2. The van der Waals surface area contributed by atoms with Crippen molar-refractivity contribution < 1.29 is 9.63 Å². The number of rotatable bonds is 8. The summed E-state index contributed by atoms with van der Waals surface area (Å²) in [5.41, 5.74) is 0.665. The Kier molecular flexibility index (Phi) is 8.91. The monoisotopic (exact) mass is 227 g/mol. The van der Waals surface area contributed by atoms with Gasteiger partial charge in [-0.25, -0.2) is 4.79 Å². The second-order valence-electron chi connectivity index (χ2n) is 3.99. The molecule has 0 aliphatic heterocycles. The van der Waals surface area contributed by atoms with Crippen molar-refractivity contribution in [2.45, 2.75) is 53.4 Å². The molecular formula is C13H25NO2. The molecular weight excluding hydrogens is 202 g/mol. The number of hydrogen-bond acceptors (Lipinski definition) is 3. The minimum atomic E-state index is -0.227. The summed E-state index contributed by atoms with van der Waals surface area (Å²) in [6.45, 7) is 9.56. The van der Waals surface area contributed by atoms with Crippen LogP contribution in [0.1, 0.15) is 53.4 Å². The van der Waals surface area contributed by atoms with Crippen LogP contribution in [0.15, 0.2) is 11.6 Å². The summed E-state index contributed by atoms with van der Waals surface area (Å²) in [5, 5.41) is 1.79. The Balaban J connectivity index is 4.12. The lowest BCUT2D eigenvalue weighted by Gasteiger charge is -2.20. The molecule has 0 heterocycles. The Morgan fingerprint density at radius 1 is 1.19 bits per heavy atom. The first-order valence-electron chi connectivity index (χ1n) is 6.25. The van der Waals surface area contributed by atoms with Gasteiger partial charge in [0.05, 0.1) is 0 Å². The predicted octanol–water partition coefficient (Wildman–Crippen LogP) is 3.31. The quantitative estimate of drug-likeness (QED) is 0.470. The van der Waals surface area contributed by atoms with E-state index in [1.54, 1.807) is 18.1 Å². The molecule has 3 heteroatoms. The summed E-state index contributed by atoms with van der Waals surface area (Å²) < 4.78 is 0. The third-order valence-electron chi connectivity index (χ3n) is 2.49. The first kappa shape index (κ1) is 15.2. The van der Waals surface area contributed by atoms with Crippen LogP contribution < -0.4 is 0 Å². The molecule has 0 aliphatic carbocycles. The molecule has 0 aromatic rings. The maximum absolute atomic E-state index is 11.6. The fraction of sp³-hybridized carbons (Fsp3) is 0.769. The van der Waals surface area contributed by atoms with E-state index in [9.17, 15) is 4.79 Å². The van der Waals surface area contributed by atoms with Gasteiger partial charge in [-0.3, -0.25) is 0 Å². The second-order valence-corrected chi connectivity index (χ2v) is 3.99. The fourth-order valence-corrected chi connectivity index (χ4v) is 1.18. The first-order chi connectivity index (χ1) is 7.65. The summed E-state index contributed by atoms with van der Waals surface area (Å²) in [5.74, 6) is -0.227. The Bertz CT molecular complexity index is 216. The molecule has 0 bridgehead atoms. The number of carbonyl (C=O) groups excluding carboxylic acids is 1. The minimum Gasteiger partial charge on any atom is -0.364 e. The average molecular weight is 227 g/mol. The lowest BCUT2D eigenvalue weighted by molar-refractivity contribution is -0.186. The molecule has 0 N–H and O–H groups in total. The molecule has 0 saturated carbocycles. The Morgan fingerprint density at radius 2 is 1.69 bits per heavy atom. The summed E-state index contributed by atoms with van der Waals surface area (Å²) in [6.07, 6.45) is 6.13. The van der Waals surface area contributed by atoms with E-state index >= 15 is 0 Å². The van der Waals surface area contributed by atoms with Crippen LogP contribution in [0, 0.1) is 0 Å². The second kappa shape index (κ2) is 9.40. The van der Waals surface area contributed by atoms with Crippen molar-refractivity contribution in [1.29, 1.82) is 0 Å². The smallest absolute Gasteiger partial charge is 0.352 e. The molecule has 3 nitrogen and oxygen atoms in total. The summed E-state index contributed by atoms with van der Waals surface area (Å²) in [4.78, 5) is 16.9. The maximum Gasteiger partial charge on any atom is 0.352 e. The molecule has 0 amide bonds. The van der Waals surface area contributed by atoms with Crippen LogP contribution in [0.4, 0.5) is 0 Å². The molecule has 0 rings (SSSR count). The van der Waals surface area contributed by atoms with Gasteiger partial charge in [-0.05, 0) is 26.7 Å². The molecule has 0 spiro atoms. The van der Waals surface area contributed by atoms with Gasteiger partial charge in [-0.15, -0.1) is 5.06 Å². The van der Waals surface area contributed by atoms with Gasteiger partial charge in [0.25, 0.3) is 0 Å². The van der Waals surface area contributed by atoms with Crippen LogP contribution >= 0.6 is 0 Å². The van der Waals surface area contributed by atoms with E-state index in [4.69, 9.17) is 4.84 Å². The topological polar surface area (TPSA) is 29.5 Å². The highest BCUT2D eigenvalue weighted by Gasteiger charge is 2.11. The highest BCUT2D eigenvalue weighted by molar-refractivity contribution is 5.87. The lowest BCUT2D eigenvalue weighted by atomic mass is 10.3. The van der Waals surface area contributed by atoms with Crippen LogP contribution in [-0.4, -0.2) is 24.1 Å². The van der Waals surface area contributed by atoms with Gasteiger partial charge < -0.3 is 4.84 Å². The molecule has 0 aliphatic rings. The number of hydrogen-bond donors (Lipinski definition) is 0. The summed E-state index contributed by atoms with van der Waals surface area (Å²) in [6, 6.07) is 0. The molecule has 16 heavy (non-hydrogen) atoms. The van der Waals surface area contributed by atoms with Gasteiger partial charge in [-0.1, -0.05) is 32.8 Å². The Hall–Kier alpha value is -0.830. The maximum atomic E-state index is 11.6. The van der Waals surface area contributed by atoms with Gasteiger partial charge in [0.15, 0.2) is 0 Å². The van der Waals surface area contributed by atoms with E-state index in [1.165, 1.54) is 0 Å². The molecule has 94 valence electrons. The van der Waals surface area contributed by atoms with E-state index < -0.39 is 0 Å². The molecule has 0 aromatic carbocycles. The largest absolute Gasteiger partial charge is 0.364 e. The van der Waals surface area contributed by atoms with Crippen LogP contribution in [-0.2, 0) is 9.63 Å². The third-order valence-corrected chi connectivity index (χ3v) is 2.49. The van der Waals surface area contributed by atoms with Crippen molar-refractivity contribution in [1.82, 2.24) is 5.06 Å². The average Bonchev–Trinajstić information content (AvgIpc) is 2.31. The van der Waals surface area contributed by atoms with Gasteiger partial charge in [-0.2, -0.15) is 0 Å². The molecule has 0 atom stereocenters. The molecule has 0 saturated heterocycles. The number of nitrogens with zero attached hydrogens (tertiary/aromatic N) is 1. The number of allylic oxidation sites excluding steroid dienone is 1. The van der Waals surface area contributed by atoms with Crippen LogP contribution in [0.3, 0.4) is 0 Å².